The van der Waals surface area contributed by atoms with Gasteiger partial charge in [-0.05, 0) is 54.1 Å². The summed E-state index contributed by atoms with van der Waals surface area (Å²) in [6.45, 7) is 2.75. The van der Waals surface area contributed by atoms with Crippen molar-refractivity contribution >= 4 is 46.5 Å². The fraction of sp³-hybridized carbons (Fsp3) is 0.130. The van der Waals surface area contributed by atoms with Gasteiger partial charge in [-0.25, -0.2) is 0 Å². The Bertz CT molecular complexity index is 1050. The number of benzene rings is 2. The van der Waals surface area contributed by atoms with E-state index in [4.69, 9.17) is 0 Å². The van der Waals surface area contributed by atoms with Crippen molar-refractivity contribution in [1.82, 2.24) is 4.98 Å². The second-order valence-corrected chi connectivity index (χ2v) is 7.84. The van der Waals surface area contributed by atoms with E-state index in [2.05, 4.69) is 20.9 Å². The van der Waals surface area contributed by atoms with Gasteiger partial charge in [-0.2, -0.15) is 0 Å². The molecule has 7 nitrogen and oxygen atoms in total. The van der Waals surface area contributed by atoms with Crippen molar-refractivity contribution in [2.24, 2.45) is 0 Å². The first kappa shape index (κ1) is 22.0. The molecule has 158 valence electrons. The number of carbonyl (C=O) groups is 3. The second-order valence-electron chi connectivity index (χ2n) is 6.79. The van der Waals surface area contributed by atoms with E-state index in [9.17, 15) is 14.4 Å². The predicted octanol–water partition coefficient (Wildman–Crippen LogP) is 4.54. The van der Waals surface area contributed by atoms with E-state index in [1.165, 1.54) is 13.8 Å². The van der Waals surface area contributed by atoms with Crippen molar-refractivity contribution < 1.29 is 14.4 Å². The van der Waals surface area contributed by atoms with Crippen LogP contribution in [0.5, 0.6) is 0 Å². The highest BCUT2D eigenvalue weighted by molar-refractivity contribution is 7.98. The first-order valence-electron chi connectivity index (χ1n) is 9.52. The van der Waals surface area contributed by atoms with Crippen molar-refractivity contribution in [2.45, 2.75) is 24.5 Å². The van der Waals surface area contributed by atoms with E-state index >= 15 is 0 Å². The molecule has 0 radical (unpaired) electrons. The molecule has 31 heavy (non-hydrogen) atoms. The highest BCUT2D eigenvalue weighted by Crippen LogP contribution is 2.25. The summed E-state index contributed by atoms with van der Waals surface area (Å²) in [6.07, 6.45) is 3.59. The zero-order chi connectivity index (χ0) is 22.2. The minimum absolute atomic E-state index is 0.272. The number of hydrogen-bond donors (Lipinski definition) is 3. The summed E-state index contributed by atoms with van der Waals surface area (Å²) in [7, 11) is 0. The van der Waals surface area contributed by atoms with Crippen LogP contribution in [-0.2, 0) is 15.3 Å². The van der Waals surface area contributed by atoms with E-state index in [1.54, 1.807) is 36.2 Å². The first-order chi connectivity index (χ1) is 14.9. The van der Waals surface area contributed by atoms with Crippen molar-refractivity contribution in [1.29, 1.82) is 0 Å². The van der Waals surface area contributed by atoms with Crippen molar-refractivity contribution in [3.63, 3.8) is 0 Å². The molecule has 3 aromatic rings. The molecule has 0 aliphatic heterocycles. The summed E-state index contributed by atoms with van der Waals surface area (Å²) in [5.41, 5.74) is 2.93. The number of carbonyl (C=O) groups excluding carboxylic acids is 3. The average Bonchev–Trinajstić information content (AvgIpc) is 2.73. The van der Waals surface area contributed by atoms with Crippen molar-refractivity contribution in [3.8, 4) is 0 Å². The number of pyridine rings is 1. The quantitative estimate of drug-likeness (QED) is 0.474. The number of nitrogens with zero attached hydrogens (tertiary/aromatic N) is 1. The summed E-state index contributed by atoms with van der Waals surface area (Å²) in [4.78, 5) is 40.7. The molecular formula is C23H22N4O3S. The van der Waals surface area contributed by atoms with Crippen LogP contribution in [0.4, 0.5) is 17.1 Å². The van der Waals surface area contributed by atoms with Gasteiger partial charge in [-0.15, -0.1) is 11.8 Å². The molecule has 0 saturated carbocycles. The lowest BCUT2D eigenvalue weighted by molar-refractivity contribution is -0.115. The molecule has 3 N–H and O–H groups in total. The van der Waals surface area contributed by atoms with E-state index in [1.807, 2.05) is 42.6 Å². The van der Waals surface area contributed by atoms with Gasteiger partial charge in [0.25, 0.3) is 5.91 Å². The maximum absolute atomic E-state index is 12.7. The molecule has 0 spiro atoms. The molecular weight excluding hydrogens is 412 g/mol. The van der Waals surface area contributed by atoms with Gasteiger partial charge in [0.1, 0.15) is 0 Å². The van der Waals surface area contributed by atoms with E-state index in [-0.39, 0.29) is 17.7 Å². The third-order valence-corrected chi connectivity index (χ3v) is 5.16. The largest absolute Gasteiger partial charge is 0.326 e. The molecule has 0 fully saturated rings. The molecule has 0 saturated heterocycles. The maximum atomic E-state index is 12.7. The Balaban J connectivity index is 1.68. The van der Waals surface area contributed by atoms with Crippen molar-refractivity contribution in [2.75, 3.05) is 16.0 Å². The summed E-state index contributed by atoms with van der Waals surface area (Å²) in [5.74, 6) is -0.0903. The summed E-state index contributed by atoms with van der Waals surface area (Å²) >= 11 is 1.68. The van der Waals surface area contributed by atoms with Crippen LogP contribution in [0.15, 0.2) is 71.9 Å². The normalized spacial score (nSPS) is 10.3. The van der Waals surface area contributed by atoms with E-state index in [0.29, 0.717) is 22.6 Å². The van der Waals surface area contributed by atoms with Crippen LogP contribution in [0, 0.1) is 0 Å². The van der Waals surface area contributed by atoms with Crippen LogP contribution < -0.4 is 16.0 Å². The Morgan fingerprint density at radius 3 is 2.03 bits per heavy atom. The number of amides is 3. The molecule has 0 atom stereocenters. The van der Waals surface area contributed by atoms with Gasteiger partial charge in [-0.1, -0.05) is 6.07 Å². The second kappa shape index (κ2) is 10.4. The number of anilines is 3. The maximum Gasteiger partial charge on any atom is 0.255 e. The third kappa shape index (κ3) is 6.97. The topological polar surface area (TPSA) is 100 Å². The smallest absolute Gasteiger partial charge is 0.255 e. The minimum atomic E-state index is -0.352. The van der Waals surface area contributed by atoms with Gasteiger partial charge in [0.2, 0.25) is 11.8 Å². The number of rotatable bonds is 7. The fourth-order valence-corrected chi connectivity index (χ4v) is 3.63. The predicted molar refractivity (Wildman–Crippen MR) is 123 cm³/mol. The van der Waals surface area contributed by atoms with E-state index in [0.717, 1.165) is 16.2 Å². The third-order valence-electron chi connectivity index (χ3n) is 4.08. The Labute approximate surface area is 184 Å². The molecule has 8 heteroatoms. The highest BCUT2D eigenvalue weighted by Gasteiger charge is 2.11. The van der Waals surface area contributed by atoms with Gasteiger partial charge in [0, 0.05) is 59.5 Å². The standard InChI is InChI=1S/C23H22N4O3S/c1-15(28)25-20-10-18(11-21(12-20)26-16(2)29)23(30)27-19-5-7-22(8-6-19)31-14-17-4-3-9-24-13-17/h3-13H,14H2,1-2H3,(H,25,28)(H,26,29)(H,27,30). The molecule has 0 unspecified atom stereocenters. The lowest BCUT2D eigenvalue weighted by Crippen LogP contribution is -2.15. The monoisotopic (exact) mass is 434 g/mol. The molecule has 0 aliphatic carbocycles. The molecule has 3 amide bonds. The lowest BCUT2D eigenvalue weighted by Gasteiger charge is -2.11. The Morgan fingerprint density at radius 2 is 1.48 bits per heavy atom. The van der Waals surface area contributed by atoms with Gasteiger partial charge in [0.15, 0.2) is 0 Å². The Hall–Kier alpha value is -3.65. The lowest BCUT2D eigenvalue weighted by atomic mass is 10.1. The highest BCUT2D eigenvalue weighted by atomic mass is 32.2. The van der Waals surface area contributed by atoms with Crippen LogP contribution >= 0.6 is 11.8 Å². The first-order valence-corrected chi connectivity index (χ1v) is 10.5. The van der Waals surface area contributed by atoms with Crippen LogP contribution in [-0.4, -0.2) is 22.7 Å². The molecule has 0 aliphatic rings. The summed E-state index contributed by atoms with van der Waals surface area (Å²) in [6, 6.07) is 16.2. The zero-order valence-corrected chi connectivity index (χ0v) is 18.0. The molecule has 0 bridgehead atoms. The Kier molecular flexibility index (Phi) is 7.40. The Morgan fingerprint density at radius 1 is 0.839 bits per heavy atom. The van der Waals surface area contributed by atoms with E-state index < -0.39 is 0 Å². The van der Waals surface area contributed by atoms with Crippen LogP contribution in [0.1, 0.15) is 29.8 Å². The molecule has 3 rings (SSSR count). The SMILES string of the molecule is CC(=O)Nc1cc(NC(C)=O)cc(C(=O)Nc2ccc(SCc3cccnc3)cc2)c1. The minimum Gasteiger partial charge on any atom is -0.326 e. The number of aromatic nitrogens is 1. The van der Waals surface area contributed by atoms with Crippen molar-refractivity contribution in [3.05, 3.63) is 78.1 Å². The molecule has 2 aromatic carbocycles. The van der Waals surface area contributed by atoms with Gasteiger partial charge in [-0.3, -0.25) is 19.4 Å². The van der Waals surface area contributed by atoms with Gasteiger partial charge < -0.3 is 16.0 Å². The zero-order valence-electron chi connectivity index (χ0n) is 17.1. The van der Waals surface area contributed by atoms with Gasteiger partial charge >= 0.3 is 0 Å². The number of nitrogens with one attached hydrogen (secondary N) is 3. The average molecular weight is 435 g/mol. The number of thioether (sulfide) groups is 1. The number of hydrogen-bond acceptors (Lipinski definition) is 5. The van der Waals surface area contributed by atoms with Crippen LogP contribution in [0.25, 0.3) is 0 Å². The van der Waals surface area contributed by atoms with Crippen LogP contribution in [0.3, 0.4) is 0 Å². The summed E-state index contributed by atoms with van der Waals surface area (Å²) in [5, 5.41) is 8.11. The fourth-order valence-electron chi connectivity index (χ4n) is 2.80. The molecule has 1 aromatic heterocycles. The molecule has 1 heterocycles. The summed E-state index contributed by atoms with van der Waals surface area (Å²) < 4.78 is 0. The van der Waals surface area contributed by atoms with Crippen LogP contribution in [0.2, 0.25) is 0 Å². The van der Waals surface area contributed by atoms with Gasteiger partial charge in [0.05, 0.1) is 0 Å².